The van der Waals surface area contributed by atoms with E-state index in [1.807, 2.05) is 18.2 Å². The van der Waals surface area contributed by atoms with Gasteiger partial charge in [-0.1, -0.05) is 0 Å². The van der Waals surface area contributed by atoms with E-state index in [0.29, 0.717) is 11.7 Å². The van der Waals surface area contributed by atoms with Crippen molar-refractivity contribution in [2.45, 2.75) is 6.42 Å². The Morgan fingerprint density at radius 1 is 1.39 bits per heavy atom. The normalized spacial score (nSPS) is 19.2. The first-order valence-corrected chi connectivity index (χ1v) is 6.16. The number of nitrogens with two attached hydrogens (primary N) is 1. The summed E-state index contributed by atoms with van der Waals surface area (Å²) in [6, 6.07) is 5.75. The number of ether oxygens (including phenoxy) is 1. The molecule has 5 heteroatoms. The minimum Gasteiger partial charge on any atom is -0.493 e. The number of aromatic nitrogens is 2. The van der Waals surface area contributed by atoms with Crippen molar-refractivity contribution in [3.8, 4) is 5.75 Å². The molecule has 2 aromatic rings. The molecule has 1 aromatic carbocycles. The van der Waals surface area contributed by atoms with Crippen LogP contribution in [0.4, 0.5) is 5.82 Å². The monoisotopic (exact) mass is 244 g/mol. The molecule has 1 atom stereocenters. The zero-order chi connectivity index (χ0) is 12.4. The molecule has 1 fully saturated rings. The van der Waals surface area contributed by atoms with Crippen molar-refractivity contribution < 1.29 is 4.74 Å². The topological polar surface area (TPSA) is 73.1 Å². The number of nitrogen functional groups attached to an aromatic ring is 1. The van der Waals surface area contributed by atoms with Crippen LogP contribution in [0.2, 0.25) is 0 Å². The predicted octanol–water partition coefficient (Wildman–Crippen LogP) is 1.20. The van der Waals surface area contributed by atoms with Gasteiger partial charge in [-0.05, 0) is 31.2 Å². The number of anilines is 1. The average Bonchev–Trinajstić information content (AvgIpc) is 2.90. The SMILES string of the molecule is Nc1ncnc2ccc(OCC3CCNC3)cc12. The smallest absolute Gasteiger partial charge is 0.134 e. The molecule has 1 saturated heterocycles. The van der Waals surface area contributed by atoms with Crippen LogP contribution in [0.15, 0.2) is 24.5 Å². The van der Waals surface area contributed by atoms with Gasteiger partial charge in [0.25, 0.3) is 0 Å². The van der Waals surface area contributed by atoms with E-state index in [1.54, 1.807) is 0 Å². The summed E-state index contributed by atoms with van der Waals surface area (Å²) in [7, 11) is 0. The summed E-state index contributed by atoms with van der Waals surface area (Å²) >= 11 is 0. The maximum atomic E-state index is 5.83. The second-order valence-corrected chi connectivity index (χ2v) is 4.61. The lowest BCUT2D eigenvalue weighted by Crippen LogP contribution is -2.15. The van der Waals surface area contributed by atoms with E-state index >= 15 is 0 Å². The third-order valence-corrected chi connectivity index (χ3v) is 3.29. The molecule has 1 aliphatic rings. The van der Waals surface area contributed by atoms with E-state index in [9.17, 15) is 0 Å². The third-order valence-electron chi connectivity index (χ3n) is 3.29. The molecule has 0 radical (unpaired) electrons. The Balaban J connectivity index is 1.77. The van der Waals surface area contributed by atoms with Crippen molar-refractivity contribution in [1.82, 2.24) is 15.3 Å². The maximum absolute atomic E-state index is 5.83. The van der Waals surface area contributed by atoms with E-state index in [0.717, 1.165) is 36.3 Å². The van der Waals surface area contributed by atoms with Crippen LogP contribution in [-0.4, -0.2) is 29.7 Å². The van der Waals surface area contributed by atoms with Crippen LogP contribution in [0, 0.1) is 5.92 Å². The van der Waals surface area contributed by atoms with Crippen LogP contribution in [0.25, 0.3) is 10.9 Å². The fourth-order valence-electron chi connectivity index (χ4n) is 2.22. The van der Waals surface area contributed by atoms with Crippen molar-refractivity contribution in [3.05, 3.63) is 24.5 Å². The number of benzene rings is 1. The summed E-state index contributed by atoms with van der Waals surface area (Å²) in [6.45, 7) is 2.87. The average molecular weight is 244 g/mol. The van der Waals surface area contributed by atoms with Gasteiger partial charge in [0, 0.05) is 17.8 Å². The van der Waals surface area contributed by atoms with Crippen LogP contribution >= 0.6 is 0 Å². The highest BCUT2D eigenvalue weighted by Crippen LogP contribution is 2.23. The lowest BCUT2D eigenvalue weighted by atomic mass is 10.1. The van der Waals surface area contributed by atoms with Crippen molar-refractivity contribution >= 4 is 16.7 Å². The van der Waals surface area contributed by atoms with E-state index < -0.39 is 0 Å². The Bertz CT molecular complexity index is 552. The summed E-state index contributed by atoms with van der Waals surface area (Å²) in [4.78, 5) is 8.15. The molecule has 1 aliphatic heterocycles. The molecule has 1 unspecified atom stereocenters. The first-order valence-electron chi connectivity index (χ1n) is 6.16. The summed E-state index contributed by atoms with van der Waals surface area (Å²) in [6.07, 6.45) is 2.65. The van der Waals surface area contributed by atoms with Crippen LogP contribution in [0.5, 0.6) is 5.75 Å². The lowest BCUT2D eigenvalue weighted by Gasteiger charge is -2.11. The fraction of sp³-hybridized carbons (Fsp3) is 0.385. The minimum atomic E-state index is 0.494. The minimum absolute atomic E-state index is 0.494. The van der Waals surface area contributed by atoms with Gasteiger partial charge in [-0.2, -0.15) is 0 Å². The van der Waals surface area contributed by atoms with Crippen LogP contribution in [0.1, 0.15) is 6.42 Å². The standard InChI is InChI=1S/C13H16N4O/c14-13-11-5-10(1-2-12(11)16-8-17-13)18-7-9-3-4-15-6-9/h1-2,5,8-9,15H,3-4,6-7H2,(H2,14,16,17). The number of rotatable bonds is 3. The van der Waals surface area contributed by atoms with Crippen molar-refractivity contribution in [1.29, 1.82) is 0 Å². The van der Waals surface area contributed by atoms with Gasteiger partial charge in [-0.15, -0.1) is 0 Å². The Hall–Kier alpha value is -1.88. The van der Waals surface area contributed by atoms with Crippen LogP contribution in [-0.2, 0) is 0 Å². The molecule has 0 bridgehead atoms. The Morgan fingerprint density at radius 3 is 3.17 bits per heavy atom. The molecular weight excluding hydrogens is 228 g/mol. The van der Waals surface area contributed by atoms with Gasteiger partial charge < -0.3 is 15.8 Å². The van der Waals surface area contributed by atoms with Gasteiger partial charge in [0.05, 0.1) is 12.1 Å². The number of hydrogen-bond acceptors (Lipinski definition) is 5. The molecule has 0 saturated carbocycles. The largest absolute Gasteiger partial charge is 0.493 e. The number of nitrogens with zero attached hydrogens (tertiary/aromatic N) is 2. The Morgan fingerprint density at radius 2 is 2.33 bits per heavy atom. The van der Waals surface area contributed by atoms with E-state index in [2.05, 4.69) is 15.3 Å². The first-order chi connectivity index (χ1) is 8.83. The van der Waals surface area contributed by atoms with Crippen molar-refractivity contribution in [2.24, 2.45) is 5.92 Å². The zero-order valence-corrected chi connectivity index (χ0v) is 10.1. The van der Waals surface area contributed by atoms with Gasteiger partial charge in [0.1, 0.15) is 17.9 Å². The molecule has 94 valence electrons. The first kappa shape index (κ1) is 11.2. The molecular formula is C13H16N4O. The number of nitrogens with one attached hydrogen (secondary N) is 1. The molecule has 1 aromatic heterocycles. The van der Waals surface area contributed by atoms with Gasteiger partial charge in [0.15, 0.2) is 0 Å². The van der Waals surface area contributed by atoms with E-state index in [1.165, 1.54) is 12.7 Å². The summed E-state index contributed by atoms with van der Waals surface area (Å²) in [5.41, 5.74) is 6.67. The van der Waals surface area contributed by atoms with E-state index in [4.69, 9.17) is 10.5 Å². The quantitative estimate of drug-likeness (QED) is 0.848. The number of fused-ring (bicyclic) bond motifs is 1. The van der Waals surface area contributed by atoms with Gasteiger partial charge >= 0.3 is 0 Å². The van der Waals surface area contributed by atoms with E-state index in [-0.39, 0.29) is 0 Å². The molecule has 3 N–H and O–H groups in total. The van der Waals surface area contributed by atoms with Gasteiger partial charge in [0.2, 0.25) is 0 Å². The molecule has 0 spiro atoms. The van der Waals surface area contributed by atoms with Crippen LogP contribution in [0.3, 0.4) is 0 Å². The fourth-order valence-corrected chi connectivity index (χ4v) is 2.22. The predicted molar refractivity (Wildman–Crippen MR) is 70.4 cm³/mol. The third kappa shape index (κ3) is 2.22. The second kappa shape index (κ2) is 4.78. The molecule has 0 amide bonds. The number of hydrogen-bond donors (Lipinski definition) is 2. The highest BCUT2D eigenvalue weighted by molar-refractivity contribution is 5.88. The molecule has 2 heterocycles. The van der Waals surface area contributed by atoms with Crippen molar-refractivity contribution in [2.75, 3.05) is 25.4 Å². The van der Waals surface area contributed by atoms with Crippen LogP contribution < -0.4 is 15.8 Å². The molecule has 0 aliphatic carbocycles. The van der Waals surface area contributed by atoms with Gasteiger partial charge in [-0.3, -0.25) is 0 Å². The summed E-state index contributed by atoms with van der Waals surface area (Å²) in [5.74, 6) is 1.92. The zero-order valence-electron chi connectivity index (χ0n) is 10.1. The van der Waals surface area contributed by atoms with Gasteiger partial charge in [-0.25, -0.2) is 9.97 Å². The van der Waals surface area contributed by atoms with Crippen molar-refractivity contribution in [3.63, 3.8) is 0 Å². The highest BCUT2D eigenvalue weighted by Gasteiger charge is 2.15. The maximum Gasteiger partial charge on any atom is 0.134 e. The Labute approximate surface area is 105 Å². The summed E-state index contributed by atoms with van der Waals surface area (Å²) < 4.78 is 5.80. The lowest BCUT2D eigenvalue weighted by molar-refractivity contribution is 0.260. The highest BCUT2D eigenvalue weighted by atomic mass is 16.5. The Kier molecular flexibility index (Phi) is 2.98. The molecule has 5 nitrogen and oxygen atoms in total. The molecule has 18 heavy (non-hydrogen) atoms. The summed E-state index contributed by atoms with van der Waals surface area (Å²) in [5, 5.41) is 4.17. The second-order valence-electron chi connectivity index (χ2n) is 4.61. The molecule has 3 rings (SSSR count).